The van der Waals surface area contributed by atoms with Crippen LogP contribution in [-0.2, 0) is 14.3 Å². The Morgan fingerprint density at radius 1 is 1.17 bits per heavy atom. The Morgan fingerprint density at radius 3 is 2.42 bits per heavy atom. The van der Waals surface area contributed by atoms with Gasteiger partial charge >= 0.3 is 0 Å². The van der Waals surface area contributed by atoms with Gasteiger partial charge < -0.3 is 20.5 Å². The highest BCUT2D eigenvalue weighted by atomic mass is 16.5. The summed E-state index contributed by atoms with van der Waals surface area (Å²) in [4.78, 5) is 23.5. The molecule has 3 N–H and O–H groups in total. The first kappa shape index (κ1) is 18.3. The zero-order valence-electron chi connectivity index (χ0n) is 14.2. The van der Waals surface area contributed by atoms with Crippen LogP contribution in [0.5, 0.6) is 5.75 Å². The molecule has 1 saturated carbocycles. The molecule has 0 spiro atoms. The number of ether oxygens (including phenoxy) is 2. The normalized spacial score (nSPS) is 16.4. The van der Waals surface area contributed by atoms with Gasteiger partial charge in [0.2, 0.25) is 0 Å². The summed E-state index contributed by atoms with van der Waals surface area (Å²) in [6, 6.07) is 6.87. The van der Waals surface area contributed by atoms with Crippen LogP contribution in [0.4, 0.5) is 5.69 Å². The Labute approximate surface area is 142 Å². The van der Waals surface area contributed by atoms with Gasteiger partial charge in [0.1, 0.15) is 11.4 Å². The summed E-state index contributed by atoms with van der Waals surface area (Å²) in [5, 5.41) is 2.94. The molecule has 1 aliphatic rings. The highest BCUT2D eigenvalue weighted by Crippen LogP contribution is 2.33. The fraction of sp³-hybridized carbons (Fsp3) is 0.556. The average molecular weight is 334 g/mol. The summed E-state index contributed by atoms with van der Waals surface area (Å²) in [6.07, 6.45) is 5.59. The van der Waals surface area contributed by atoms with E-state index in [1.165, 1.54) is 0 Å². The third-order valence-corrected chi connectivity index (χ3v) is 4.15. The largest absolute Gasteiger partial charge is 0.484 e. The molecular formula is C18H26N2O4. The van der Waals surface area contributed by atoms with Crippen LogP contribution in [0, 0.1) is 0 Å². The van der Waals surface area contributed by atoms with Crippen LogP contribution >= 0.6 is 0 Å². The minimum Gasteiger partial charge on any atom is -0.484 e. The zero-order valence-corrected chi connectivity index (χ0v) is 14.2. The number of carbonyl (C=O) groups excluding carboxylic acids is 2. The highest BCUT2D eigenvalue weighted by molar-refractivity contribution is 5.97. The van der Waals surface area contributed by atoms with E-state index in [1.807, 2.05) is 6.92 Å². The van der Waals surface area contributed by atoms with Crippen LogP contribution in [0.3, 0.4) is 0 Å². The van der Waals surface area contributed by atoms with Crippen molar-refractivity contribution in [3.05, 3.63) is 24.3 Å². The SMILES string of the molecule is CCCOC1(C(=O)Nc2ccc(OCC(N)=O)cc2)CCCCC1. The molecule has 0 heterocycles. The second kappa shape index (κ2) is 8.68. The maximum atomic E-state index is 12.8. The van der Waals surface area contributed by atoms with Gasteiger partial charge in [-0.3, -0.25) is 9.59 Å². The lowest BCUT2D eigenvalue weighted by Gasteiger charge is -2.35. The Kier molecular flexibility index (Phi) is 6.61. The van der Waals surface area contributed by atoms with E-state index in [9.17, 15) is 9.59 Å². The van der Waals surface area contributed by atoms with Crippen molar-refractivity contribution in [2.45, 2.75) is 51.0 Å². The molecule has 2 amide bonds. The molecule has 1 aromatic carbocycles. The summed E-state index contributed by atoms with van der Waals surface area (Å²) in [5.74, 6) is -0.0810. The molecule has 0 unspecified atom stereocenters. The van der Waals surface area contributed by atoms with Crippen molar-refractivity contribution < 1.29 is 19.1 Å². The average Bonchev–Trinajstić information content (AvgIpc) is 2.60. The van der Waals surface area contributed by atoms with Crippen LogP contribution < -0.4 is 15.8 Å². The molecule has 1 aromatic rings. The van der Waals surface area contributed by atoms with Crippen LogP contribution in [0.2, 0.25) is 0 Å². The quantitative estimate of drug-likeness (QED) is 0.764. The third-order valence-electron chi connectivity index (χ3n) is 4.15. The molecule has 0 aliphatic heterocycles. The molecular weight excluding hydrogens is 308 g/mol. The molecule has 24 heavy (non-hydrogen) atoms. The fourth-order valence-electron chi connectivity index (χ4n) is 2.89. The van der Waals surface area contributed by atoms with Gasteiger partial charge in [-0.15, -0.1) is 0 Å². The molecule has 0 aromatic heterocycles. The predicted octanol–water partition coefficient (Wildman–Crippen LogP) is 2.62. The molecule has 132 valence electrons. The summed E-state index contributed by atoms with van der Waals surface area (Å²) >= 11 is 0. The predicted molar refractivity (Wildman–Crippen MR) is 91.8 cm³/mol. The molecule has 0 saturated heterocycles. The van der Waals surface area contributed by atoms with E-state index in [4.69, 9.17) is 15.2 Å². The second-order valence-electron chi connectivity index (χ2n) is 6.14. The molecule has 1 fully saturated rings. The number of nitrogens with one attached hydrogen (secondary N) is 1. The van der Waals surface area contributed by atoms with E-state index in [1.54, 1.807) is 24.3 Å². The van der Waals surface area contributed by atoms with Crippen molar-refractivity contribution in [2.24, 2.45) is 5.73 Å². The van der Waals surface area contributed by atoms with Gasteiger partial charge in [0.05, 0.1) is 0 Å². The molecule has 0 radical (unpaired) electrons. The Hall–Kier alpha value is -2.08. The van der Waals surface area contributed by atoms with E-state index in [0.29, 0.717) is 18.0 Å². The molecule has 6 nitrogen and oxygen atoms in total. The smallest absolute Gasteiger partial charge is 0.256 e. The van der Waals surface area contributed by atoms with Crippen LogP contribution in [0.25, 0.3) is 0 Å². The number of amides is 2. The molecule has 0 atom stereocenters. The van der Waals surface area contributed by atoms with Crippen LogP contribution in [0.15, 0.2) is 24.3 Å². The number of rotatable bonds is 8. The van der Waals surface area contributed by atoms with Gasteiger partial charge in [-0.2, -0.15) is 0 Å². The number of benzene rings is 1. The van der Waals surface area contributed by atoms with Gasteiger partial charge in [-0.05, 0) is 43.5 Å². The summed E-state index contributed by atoms with van der Waals surface area (Å²) in [7, 11) is 0. The molecule has 0 bridgehead atoms. The molecule has 1 aliphatic carbocycles. The summed E-state index contributed by atoms with van der Waals surface area (Å²) in [5.41, 5.74) is 5.00. The molecule has 2 rings (SSSR count). The van der Waals surface area contributed by atoms with Gasteiger partial charge in [0.15, 0.2) is 6.61 Å². The Balaban J connectivity index is 1.99. The van der Waals surface area contributed by atoms with Crippen molar-refractivity contribution in [2.75, 3.05) is 18.5 Å². The number of primary amides is 1. The van der Waals surface area contributed by atoms with Crippen molar-refractivity contribution in [3.8, 4) is 5.75 Å². The minimum atomic E-state index is -0.713. The van der Waals surface area contributed by atoms with Gasteiger partial charge in [0.25, 0.3) is 11.8 Å². The van der Waals surface area contributed by atoms with Gasteiger partial charge in [0, 0.05) is 12.3 Å². The number of anilines is 1. The summed E-state index contributed by atoms with van der Waals surface area (Å²) in [6.45, 7) is 2.46. The molecule has 6 heteroatoms. The fourth-order valence-corrected chi connectivity index (χ4v) is 2.89. The zero-order chi connectivity index (χ0) is 17.4. The number of nitrogens with two attached hydrogens (primary N) is 1. The lowest BCUT2D eigenvalue weighted by molar-refractivity contribution is -0.146. The lowest BCUT2D eigenvalue weighted by atomic mass is 9.83. The minimum absolute atomic E-state index is 0.0820. The van der Waals surface area contributed by atoms with Crippen molar-refractivity contribution in [1.29, 1.82) is 0 Å². The first-order valence-corrected chi connectivity index (χ1v) is 8.52. The Morgan fingerprint density at radius 2 is 1.83 bits per heavy atom. The summed E-state index contributed by atoms with van der Waals surface area (Å²) < 4.78 is 11.2. The maximum Gasteiger partial charge on any atom is 0.256 e. The van der Waals surface area contributed by atoms with Gasteiger partial charge in [-0.1, -0.05) is 26.2 Å². The van der Waals surface area contributed by atoms with Crippen LogP contribution in [-0.4, -0.2) is 30.6 Å². The van der Waals surface area contributed by atoms with Crippen LogP contribution in [0.1, 0.15) is 45.4 Å². The first-order valence-electron chi connectivity index (χ1n) is 8.52. The van der Waals surface area contributed by atoms with Crippen molar-refractivity contribution >= 4 is 17.5 Å². The van der Waals surface area contributed by atoms with E-state index < -0.39 is 11.5 Å². The van der Waals surface area contributed by atoms with E-state index in [-0.39, 0.29) is 12.5 Å². The third kappa shape index (κ3) is 4.96. The monoisotopic (exact) mass is 334 g/mol. The first-order chi connectivity index (χ1) is 11.6. The second-order valence-corrected chi connectivity index (χ2v) is 6.14. The number of carbonyl (C=O) groups is 2. The number of hydrogen-bond acceptors (Lipinski definition) is 4. The van der Waals surface area contributed by atoms with E-state index in [0.717, 1.165) is 38.5 Å². The van der Waals surface area contributed by atoms with E-state index in [2.05, 4.69) is 5.32 Å². The Bertz CT molecular complexity index is 551. The number of hydrogen-bond donors (Lipinski definition) is 2. The maximum absolute atomic E-state index is 12.8. The van der Waals surface area contributed by atoms with E-state index >= 15 is 0 Å². The topological polar surface area (TPSA) is 90.7 Å². The van der Waals surface area contributed by atoms with Crippen molar-refractivity contribution in [3.63, 3.8) is 0 Å². The highest BCUT2D eigenvalue weighted by Gasteiger charge is 2.40. The standard InChI is InChI=1S/C18H26N2O4/c1-2-12-24-18(10-4-3-5-11-18)17(22)20-14-6-8-15(9-7-14)23-13-16(19)21/h6-9H,2-5,10-13H2,1H3,(H2,19,21)(H,20,22). The lowest BCUT2D eigenvalue weighted by Crippen LogP contribution is -2.47. The van der Waals surface area contributed by atoms with Gasteiger partial charge in [-0.25, -0.2) is 0 Å². The van der Waals surface area contributed by atoms with Crippen molar-refractivity contribution in [1.82, 2.24) is 0 Å².